The Hall–Kier alpha value is -7.14. The Kier molecular flexibility index (Phi) is 10.4. The number of nitrogens with zero attached hydrogens (tertiary/aromatic N) is 8. The van der Waals surface area contributed by atoms with Crippen molar-refractivity contribution in [3.63, 3.8) is 0 Å². The molecule has 3 saturated heterocycles. The van der Waals surface area contributed by atoms with Crippen LogP contribution in [-0.2, 0) is 42.6 Å². The first-order chi connectivity index (χ1) is 32.7. The predicted molar refractivity (Wildman–Crippen MR) is 254 cm³/mol. The molecule has 5 amide bonds. The number of imide groups is 2. The second-order valence-corrected chi connectivity index (χ2v) is 20.2. The number of carbonyl (C=O) groups is 5. The molecule has 3 fully saturated rings. The number of pyridine rings is 3. The van der Waals surface area contributed by atoms with Gasteiger partial charge < -0.3 is 29.4 Å². The van der Waals surface area contributed by atoms with Crippen molar-refractivity contribution in [3.8, 4) is 11.1 Å². The van der Waals surface area contributed by atoms with Crippen LogP contribution in [0.5, 0.6) is 0 Å². The molecule has 1 aromatic carbocycles. The van der Waals surface area contributed by atoms with E-state index in [-0.39, 0.29) is 47.3 Å². The summed E-state index contributed by atoms with van der Waals surface area (Å²) in [5, 5.41) is 16.3. The van der Waals surface area contributed by atoms with E-state index >= 15 is 0 Å². The lowest BCUT2D eigenvalue weighted by Crippen LogP contribution is -2.54. The van der Waals surface area contributed by atoms with Gasteiger partial charge in [0.2, 0.25) is 11.8 Å². The van der Waals surface area contributed by atoms with E-state index in [9.17, 15) is 33.9 Å². The third-order valence-electron chi connectivity index (χ3n) is 15.4. The highest BCUT2D eigenvalue weighted by molar-refractivity contribution is 6.23. The summed E-state index contributed by atoms with van der Waals surface area (Å²) in [6.45, 7) is 8.62. The zero-order valence-electron chi connectivity index (χ0n) is 38.5. The van der Waals surface area contributed by atoms with Gasteiger partial charge >= 0.3 is 0 Å². The molecule has 4 aromatic heterocycles. The van der Waals surface area contributed by atoms with Crippen molar-refractivity contribution in [2.45, 2.75) is 84.4 Å². The number of hydrogen-bond acceptors (Lipinski definition) is 12. The van der Waals surface area contributed by atoms with Crippen LogP contribution in [0.3, 0.4) is 0 Å². The van der Waals surface area contributed by atoms with Gasteiger partial charge in [-0.2, -0.15) is 0 Å². The molecule has 5 aromatic rings. The van der Waals surface area contributed by atoms with Crippen LogP contribution in [0.4, 0.5) is 28.7 Å². The van der Waals surface area contributed by atoms with Gasteiger partial charge in [-0.15, -0.1) is 0 Å². The zero-order valence-corrected chi connectivity index (χ0v) is 38.5. The van der Waals surface area contributed by atoms with E-state index in [1.165, 1.54) is 15.8 Å². The molecular formula is C51H54N10O7. The number of rotatable bonds is 8. The largest absolute Gasteiger partial charge is 0.392 e. The summed E-state index contributed by atoms with van der Waals surface area (Å²) in [6.07, 6.45) is 11.3. The average molecular weight is 919 g/mol. The van der Waals surface area contributed by atoms with E-state index in [1.807, 2.05) is 30.5 Å². The highest BCUT2D eigenvalue weighted by atomic mass is 16.3. The predicted octanol–water partition coefficient (Wildman–Crippen LogP) is 4.95. The SMILES string of the molecule is Cn1cc(-c2ccnc(N3CCn4c(cc5c4CC(C)(C)C5)C3=O)c2CO)cc(Nc2ccc(N3CCC4(CC3)CCN(c3ccc5c(c3)C(=O)N(C3CCC(=O)NC3=O)C5=O)CC4)cn2)c1=O. The number of carbonyl (C=O) groups excluding carboxylic acids is 5. The Labute approximate surface area is 392 Å². The van der Waals surface area contributed by atoms with Crippen LogP contribution in [0.15, 0.2) is 71.9 Å². The topological polar surface area (TPSA) is 195 Å². The summed E-state index contributed by atoms with van der Waals surface area (Å²) in [5.74, 6) is -1.23. The first kappa shape index (κ1) is 43.4. The number of amides is 5. The monoisotopic (exact) mass is 918 g/mol. The van der Waals surface area contributed by atoms with Gasteiger partial charge in [0.05, 0.1) is 29.6 Å². The third kappa shape index (κ3) is 7.34. The lowest BCUT2D eigenvalue weighted by Gasteiger charge is -2.48. The fraction of sp³-hybridized carbons (Fsp3) is 0.412. The Morgan fingerprint density at radius 1 is 0.779 bits per heavy atom. The second-order valence-electron chi connectivity index (χ2n) is 20.2. The molecule has 17 nitrogen and oxygen atoms in total. The highest BCUT2D eigenvalue weighted by Gasteiger charge is 2.45. The van der Waals surface area contributed by atoms with E-state index in [4.69, 9.17) is 4.98 Å². The summed E-state index contributed by atoms with van der Waals surface area (Å²) in [6, 6.07) is 13.8. The summed E-state index contributed by atoms with van der Waals surface area (Å²) in [4.78, 5) is 95.0. The van der Waals surface area contributed by atoms with Crippen molar-refractivity contribution in [1.82, 2.24) is 29.3 Å². The minimum atomic E-state index is -0.992. The van der Waals surface area contributed by atoms with E-state index in [0.717, 1.165) is 81.0 Å². The van der Waals surface area contributed by atoms with Crippen molar-refractivity contribution in [2.75, 3.05) is 52.7 Å². The van der Waals surface area contributed by atoms with Gasteiger partial charge in [-0.3, -0.25) is 43.9 Å². The van der Waals surface area contributed by atoms with Gasteiger partial charge in [0.15, 0.2) is 0 Å². The molecule has 350 valence electrons. The molecule has 1 unspecified atom stereocenters. The number of hydrogen-bond donors (Lipinski definition) is 3. The van der Waals surface area contributed by atoms with Crippen LogP contribution in [-0.4, -0.2) is 97.4 Å². The summed E-state index contributed by atoms with van der Waals surface area (Å²) in [5.41, 5.74) is 7.87. The molecule has 17 heteroatoms. The van der Waals surface area contributed by atoms with Crippen LogP contribution in [0.1, 0.15) is 100 Å². The second kappa shape index (κ2) is 16.3. The standard InChI is InChI=1S/C51H54N10O7/c1-50(2)25-30-23-40-49(68)60(21-20-59(40)41(30)26-50)44-37(29-62)34(10-15-52-44)31-22-38(48(67)56(3)28-31)54-42-8-5-33(27-53-42)58-18-13-51(14-19-58)11-16-57(17-12-51)32-4-6-35-36(24-32)47(66)61(46(35)65)39-7-9-43(63)55-45(39)64/h4-6,8,10,15,22-24,27-28,39,62H,7,9,11-14,16-21,25-26,29H2,1-3H3,(H,53,54)(H,55,63,64). The average Bonchev–Trinajstić information content (AvgIpc) is 3.92. The number of aliphatic hydroxyl groups excluding tert-OH is 1. The molecule has 0 radical (unpaired) electrons. The first-order valence-corrected chi connectivity index (χ1v) is 23.6. The molecule has 1 spiro atoms. The van der Waals surface area contributed by atoms with Crippen molar-refractivity contribution in [3.05, 3.63) is 111 Å². The minimum Gasteiger partial charge on any atom is -0.392 e. The molecule has 5 aliphatic heterocycles. The Morgan fingerprint density at radius 2 is 1.50 bits per heavy atom. The van der Waals surface area contributed by atoms with Gasteiger partial charge in [0.25, 0.3) is 23.3 Å². The number of piperidine rings is 3. The lowest BCUT2D eigenvalue weighted by molar-refractivity contribution is -0.136. The Balaban J connectivity index is 0.727. The lowest BCUT2D eigenvalue weighted by atomic mass is 9.71. The molecular weight excluding hydrogens is 865 g/mol. The molecule has 1 atom stereocenters. The number of anilines is 5. The van der Waals surface area contributed by atoms with Gasteiger partial charge in [-0.1, -0.05) is 13.8 Å². The third-order valence-corrected chi connectivity index (χ3v) is 15.4. The number of benzene rings is 1. The van der Waals surface area contributed by atoms with Crippen molar-refractivity contribution < 1.29 is 29.1 Å². The molecule has 9 heterocycles. The summed E-state index contributed by atoms with van der Waals surface area (Å²) in [7, 11) is 1.68. The van der Waals surface area contributed by atoms with Crippen LogP contribution < -0.4 is 30.9 Å². The molecule has 1 aliphatic carbocycles. The van der Waals surface area contributed by atoms with Gasteiger partial charge in [0, 0.05) is 87.6 Å². The smallest absolute Gasteiger partial charge is 0.276 e. The minimum absolute atomic E-state index is 0.0786. The summed E-state index contributed by atoms with van der Waals surface area (Å²) >= 11 is 0. The number of fused-ring (bicyclic) bond motifs is 4. The van der Waals surface area contributed by atoms with E-state index < -0.39 is 29.7 Å². The van der Waals surface area contributed by atoms with E-state index in [2.05, 4.69) is 43.8 Å². The van der Waals surface area contributed by atoms with Gasteiger partial charge in [-0.05, 0) is 115 Å². The van der Waals surface area contributed by atoms with Crippen molar-refractivity contribution >= 4 is 58.2 Å². The zero-order chi connectivity index (χ0) is 47.2. The molecule has 3 N–H and O–H groups in total. The highest BCUT2D eigenvalue weighted by Crippen LogP contribution is 2.44. The fourth-order valence-electron chi connectivity index (χ4n) is 11.6. The maximum absolute atomic E-state index is 14.0. The number of aromatic nitrogens is 4. The van der Waals surface area contributed by atoms with Crippen molar-refractivity contribution in [2.24, 2.45) is 17.9 Å². The number of aryl methyl sites for hydroxylation is 1. The molecule has 0 saturated carbocycles. The maximum atomic E-state index is 14.0. The van der Waals surface area contributed by atoms with Gasteiger partial charge in [0.1, 0.15) is 29.1 Å². The number of aliphatic hydroxyl groups is 1. The van der Waals surface area contributed by atoms with E-state index in [0.29, 0.717) is 58.4 Å². The number of nitrogens with one attached hydrogen (secondary N) is 2. The van der Waals surface area contributed by atoms with Crippen LogP contribution in [0.2, 0.25) is 0 Å². The Bertz CT molecular complexity index is 3010. The normalized spacial score (nSPS) is 20.8. The Morgan fingerprint density at radius 3 is 2.21 bits per heavy atom. The first-order valence-electron chi connectivity index (χ1n) is 23.6. The van der Waals surface area contributed by atoms with Crippen molar-refractivity contribution in [1.29, 1.82) is 0 Å². The molecule has 0 bridgehead atoms. The molecule has 6 aliphatic rings. The quantitative estimate of drug-likeness (QED) is 0.178. The van der Waals surface area contributed by atoms with Crippen LogP contribution >= 0.6 is 0 Å². The maximum Gasteiger partial charge on any atom is 0.276 e. The van der Waals surface area contributed by atoms with E-state index in [1.54, 1.807) is 48.6 Å². The van der Waals surface area contributed by atoms with Crippen LogP contribution in [0, 0.1) is 10.8 Å². The van der Waals surface area contributed by atoms with Gasteiger partial charge in [-0.25, -0.2) is 9.97 Å². The van der Waals surface area contributed by atoms with Crippen LogP contribution in [0.25, 0.3) is 11.1 Å². The fourth-order valence-corrected chi connectivity index (χ4v) is 11.6. The molecule has 11 rings (SSSR count). The summed E-state index contributed by atoms with van der Waals surface area (Å²) < 4.78 is 3.65. The molecule has 68 heavy (non-hydrogen) atoms.